The Kier molecular flexibility index (Phi) is 2.90. The minimum atomic E-state index is -1.89. The van der Waals surface area contributed by atoms with Gasteiger partial charge in [0, 0.05) is 30.9 Å². The number of hydrogen-bond donors (Lipinski definition) is 2. The van der Waals surface area contributed by atoms with E-state index in [1.807, 2.05) is 18.2 Å². The molecule has 2 aliphatic heterocycles. The first-order chi connectivity index (χ1) is 8.25. The van der Waals surface area contributed by atoms with E-state index in [9.17, 15) is 4.21 Å². The topological polar surface area (TPSA) is 52.6 Å². The fourth-order valence-corrected chi connectivity index (χ4v) is 3.37. The van der Waals surface area contributed by atoms with Gasteiger partial charge in [-0.05, 0) is 31.0 Å². The maximum Gasteiger partial charge on any atom is 0.186 e. The van der Waals surface area contributed by atoms with E-state index in [2.05, 4.69) is 10.2 Å². The Morgan fingerprint density at radius 1 is 1.29 bits per heavy atom. The third-order valence-corrected chi connectivity index (χ3v) is 4.35. The van der Waals surface area contributed by atoms with Gasteiger partial charge in [-0.1, -0.05) is 6.07 Å². The normalized spacial score (nSPS) is 29.4. The van der Waals surface area contributed by atoms with Gasteiger partial charge in [0.05, 0.1) is 4.90 Å². The van der Waals surface area contributed by atoms with Gasteiger partial charge in [-0.2, -0.15) is 0 Å². The molecular weight excluding hydrogens is 236 g/mol. The highest BCUT2D eigenvalue weighted by Gasteiger charge is 2.36. The van der Waals surface area contributed by atoms with E-state index < -0.39 is 11.1 Å². The molecule has 2 heterocycles. The van der Waals surface area contributed by atoms with Gasteiger partial charge in [0.25, 0.3) is 0 Å². The van der Waals surface area contributed by atoms with Crippen LogP contribution in [0.15, 0.2) is 29.2 Å². The van der Waals surface area contributed by atoms with E-state index in [1.54, 1.807) is 6.07 Å². The molecule has 0 radical (unpaired) electrons. The first-order valence-corrected chi connectivity index (χ1v) is 7.06. The van der Waals surface area contributed by atoms with Crippen LogP contribution >= 0.6 is 0 Å². The van der Waals surface area contributed by atoms with Crippen LogP contribution in [0.1, 0.15) is 12.8 Å². The molecule has 2 N–H and O–H groups in total. The molecule has 1 aromatic rings. The predicted molar refractivity (Wildman–Crippen MR) is 67.6 cm³/mol. The number of fused-ring (bicyclic) bond motifs is 2. The summed E-state index contributed by atoms with van der Waals surface area (Å²) in [5.41, 5.74) is 1.08. The maximum atomic E-state index is 11.1. The Labute approximate surface area is 103 Å². The van der Waals surface area contributed by atoms with Crippen molar-refractivity contribution in [3.63, 3.8) is 0 Å². The quantitative estimate of drug-likeness (QED) is 0.777. The average Bonchev–Trinajstić information content (AvgIpc) is 2.59. The van der Waals surface area contributed by atoms with Crippen molar-refractivity contribution in [2.24, 2.45) is 0 Å². The van der Waals surface area contributed by atoms with E-state index >= 15 is 0 Å². The number of rotatable bonds is 2. The van der Waals surface area contributed by atoms with Crippen molar-refractivity contribution < 1.29 is 8.76 Å². The second-order valence-corrected chi connectivity index (χ2v) is 5.67. The Morgan fingerprint density at radius 2 is 2.00 bits per heavy atom. The third-order valence-electron chi connectivity index (χ3n) is 3.70. The van der Waals surface area contributed by atoms with Crippen LogP contribution in [0.2, 0.25) is 0 Å². The predicted octanol–water partition coefficient (Wildman–Crippen LogP) is 1.21. The lowest BCUT2D eigenvalue weighted by Crippen LogP contribution is -2.52. The lowest BCUT2D eigenvalue weighted by molar-refractivity contribution is 0.484. The van der Waals surface area contributed by atoms with E-state index in [0.717, 1.165) is 18.8 Å². The van der Waals surface area contributed by atoms with Gasteiger partial charge in [-0.25, -0.2) is 4.21 Å². The molecule has 17 heavy (non-hydrogen) atoms. The van der Waals surface area contributed by atoms with E-state index in [1.165, 1.54) is 12.8 Å². The van der Waals surface area contributed by atoms with Crippen LogP contribution in [0, 0.1) is 0 Å². The number of nitrogens with one attached hydrogen (secondary N) is 1. The van der Waals surface area contributed by atoms with Crippen LogP contribution in [0.5, 0.6) is 0 Å². The summed E-state index contributed by atoms with van der Waals surface area (Å²) in [5, 5.41) is 3.43. The average molecular weight is 252 g/mol. The van der Waals surface area contributed by atoms with Gasteiger partial charge >= 0.3 is 0 Å². The Bertz CT molecular complexity index is 436. The van der Waals surface area contributed by atoms with Crippen molar-refractivity contribution >= 4 is 16.8 Å². The summed E-state index contributed by atoms with van der Waals surface area (Å²) >= 11 is -1.89. The molecule has 2 fully saturated rings. The molecule has 5 heteroatoms. The fraction of sp³-hybridized carbons (Fsp3) is 0.500. The molecule has 0 amide bonds. The molecule has 2 bridgehead atoms. The number of benzene rings is 1. The molecule has 0 aliphatic carbocycles. The summed E-state index contributed by atoms with van der Waals surface area (Å²) in [6.45, 7) is 2.03. The second-order valence-electron chi connectivity index (χ2n) is 4.70. The zero-order chi connectivity index (χ0) is 11.8. The lowest BCUT2D eigenvalue weighted by Gasteiger charge is -2.37. The molecule has 1 aromatic carbocycles. The lowest BCUT2D eigenvalue weighted by atomic mass is 10.2. The van der Waals surface area contributed by atoms with Crippen molar-refractivity contribution in [2.75, 3.05) is 18.0 Å². The van der Waals surface area contributed by atoms with Crippen molar-refractivity contribution in [3.8, 4) is 0 Å². The Balaban J connectivity index is 1.93. The van der Waals surface area contributed by atoms with Crippen LogP contribution in [-0.4, -0.2) is 33.9 Å². The van der Waals surface area contributed by atoms with Gasteiger partial charge < -0.3 is 14.8 Å². The number of anilines is 1. The maximum absolute atomic E-state index is 11.1. The highest BCUT2D eigenvalue weighted by Crippen LogP contribution is 2.32. The highest BCUT2D eigenvalue weighted by molar-refractivity contribution is 7.79. The van der Waals surface area contributed by atoms with Crippen molar-refractivity contribution in [3.05, 3.63) is 24.3 Å². The molecule has 2 saturated heterocycles. The van der Waals surface area contributed by atoms with E-state index in [-0.39, 0.29) is 0 Å². The standard InChI is InChI=1S/C12H16N2O2S/c15-17(16)12-3-1-2-9(6-12)14-10-4-5-11(14)8-13-7-10/h1-3,6,10-11,13H,4-5,7-8H2,(H,15,16). The van der Waals surface area contributed by atoms with E-state index in [4.69, 9.17) is 4.55 Å². The molecular formula is C12H16N2O2S. The minimum absolute atomic E-state index is 0.487. The van der Waals surface area contributed by atoms with Gasteiger partial charge in [0.15, 0.2) is 11.1 Å². The second kappa shape index (κ2) is 4.40. The van der Waals surface area contributed by atoms with Gasteiger partial charge in [0.1, 0.15) is 0 Å². The largest absolute Gasteiger partial charge is 0.363 e. The Hall–Kier alpha value is -0.910. The molecule has 4 nitrogen and oxygen atoms in total. The molecule has 3 rings (SSSR count). The minimum Gasteiger partial charge on any atom is -0.363 e. The number of piperazine rings is 1. The van der Waals surface area contributed by atoms with Crippen LogP contribution in [0.3, 0.4) is 0 Å². The Morgan fingerprint density at radius 3 is 2.65 bits per heavy atom. The van der Waals surface area contributed by atoms with Crippen molar-refractivity contribution in [1.82, 2.24) is 5.32 Å². The van der Waals surface area contributed by atoms with Crippen LogP contribution in [0.4, 0.5) is 5.69 Å². The number of nitrogens with zero attached hydrogens (tertiary/aromatic N) is 1. The smallest absolute Gasteiger partial charge is 0.186 e. The van der Waals surface area contributed by atoms with Gasteiger partial charge in [-0.3, -0.25) is 0 Å². The SMILES string of the molecule is O=S(O)c1cccc(N2C3CCC2CNC3)c1. The van der Waals surface area contributed by atoms with Crippen molar-refractivity contribution in [2.45, 2.75) is 29.8 Å². The molecule has 3 atom stereocenters. The summed E-state index contributed by atoms with van der Waals surface area (Å²) in [7, 11) is 0. The fourth-order valence-electron chi connectivity index (χ4n) is 2.95. The molecule has 92 valence electrons. The summed E-state index contributed by atoms with van der Waals surface area (Å²) < 4.78 is 20.2. The monoisotopic (exact) mass is 252 g/mol. The van der Waals surface area contributed by atoms with Crippen LogP contribution < -0.4 is 10.2 Å². The zero-order valence-corrected chi connectivity index (χ0v) is 10.3. The third kappa shape index (κ3) is 1.99. The summed E-state index contributed by atoms with van der Waals surface area (Å²) in [6.07, 6.45) is 2.42. The summed E-state index contributed by atoms with van der Waals surface area (Å²) in [5.74, 6) is 0. The molecule has 0 spiro atoms. The zero-order valence-electron chi connectivity index (χ0n) is 9.50. The first-order valence-electron chi connectivity index (χ1n) is 5.95. The van der Waals surface area contributed by atoms with Gasteiger partial charge in [0.2, 0.25) is 0 Å². The molecule has 2 aliphatic rings. The molecule has 0 aromatic heterocycles. The molecule has 0 saturated carbocycles. The van der Waals surface area contributed by atoms with Crippen LogP contribution in [-0.2, 0) is 11.1 Å². The van der Waals surface area contributed by atoms with Crippen LogP contribution in [0.25, 0.3) is 0 Å². The van der Waals surface area contributed by atoms with Crippen molar-refractivity contribution in [1.29, 1.82) is 0 Å². The van der Waals surface area contributed by atoms with E-state index in [0.29, 0.717) is 17.0 Å². The summed E-state index contributed by atoms with van der Waals surface area (Å²) in [4.78, 5) is 2.90. The molecule has 3 unspecified atom stereocenters. The van der Waals surface area contributed by atoms with Gasteiger partial charge in [-0.15, -0.1) is 0 Å². The first kappa shape index (κ1) is 11.2. The number of hydrogen-bond acceptors (Lipinski definition) is 3. The highest BCUT2D eigenvalue weighted by atomic mass is 32.2. The summed E-state index contributed by atoms with van der Waals surface area (Å²) in [6, 6.07) is 8.51.